The lowest BCUT2D eigenvalue weighted by Crippen LogP contribution is -2.44. The zero-order valence-electron chi connectivity index (χ0n) is 10.4. The molecule has 0 aromatic heterocycles. The average Bonchev–Trinajstić information content (AvgIpc) is 2.39. The molecular weight excluding hydrogens is 231 g/mol. The van der Waals surface area contributed by atoms with Gasteiger partial charge in [-0.3, -0.25) is 4.79 Å². The van der Waals surface area contributed by atoms with Crippen molar-refractivity contribution >= 4 is 5.91 Å². The molecular formula is C14H19FN2O. The van der Waals surface area contributed by atoms with Gasteiger partial charge in [-0.2, -0.15) is 0 Å². The fourth-order valence-electron chi connectivity index (χ4n) is 2.56. The highest BCUT2D eigenvalue weighted by atomic mass is 19.1. The van der Waals surface area contributed by atoms with Gasteiger partial charge in [-0.15, -0.1) is 0 Å². The summed E-state index contributed by atoms with van der Waals surface area (Å²) in [5.74, 6) is -0.252. The van der Waals surface area contributed by atoms with Crippen LogP contribution in [-0.2, 0) is 0 Å². The highest BCUT2D eigenvalue weighted by molar-refractivity contribution is 5.94. The molecule has 3 N–H and O–H groups in total. The van der Waals surface area contributed by atoms with Gasteiger partial charge in [-0.05, 0) is 43.5 Å². The van der Waals surface area contributed by atoms with Gasteiger partial charge in [-0.25, -0.2) is 4.39 Å². The SMILES string of the molecule is NCC1CCCCC1NC(=O)c1cccc(F)c1. The van der Waals surface area contributed by atoms with E-state index in [-0.39, 0.29) is 17.8 Å². The van der Waals surface area contributed by atoms with Crippen molar-refractivity contribution in [2.24, 2.45) is 11.7 Å². The molecule has 0 radical (unpaired) electrons. The molecule has 1 aromatic carbocycles. The van der Waals surface area contributed by atoms with Crippen molar-refractivity contribution < 1.29 is 9.18 Å². The summed E-state index contributed by atoms with van der Waals surface area (Å²) in [6.07, 6.45) is 4.31. The van der Waals surface area contributed by atoms with E-state index in [2.05, 4.69) is 5.32 Å². The molecule has 1 aliphatic carbocycles. The highest BCUT2D eigenvalue weighted by Gasteiger charge is 2.25. The second kappa shape index (κ2) is 5.96. The lowest BCUT2D eigenvalue weighted by Gasteiger charge is -2.31. The summed E-state index contributed by atoms with van der Waals surface area (Å²) in [5.41, 5.74) is 6.09. The molecule has 98 valence electrons. The molecule has 3 nitrogen and oxygen atoms in total. The fraction of sp³-hybridized carbons (Fsp3) is 0.500. The first-order chi connectivity index (χ1) is 8.70. The number of benzene rings is 1. The molecule has 1 fully saturated rings. The van der Waals surface area contributed by atoms with Crippen LogP contribution in [0.15, 0.2) is 24.3 Å². The molecule has 2 unspecified atom stereocenters. The molecule has 0 aliphatic heterocycles. The topological polar surface area (TPSA) is 55.1 Å². The number of rotatable bonds is 3. The van der Waals surface area contributed by atoms with Crippen LogP contribution in [0, 0.1) is 11.7 Å². The van der Waals surface area contributed by atoms with Crippen molar-refractivity contribution in [1.29, 1.82) is 0 Å². The Morgan fingerprint density at radius 1 is 1.39 bits per heavy atom. The lowest BCUT2D eigenvalue weighted by molar-refractivity contribution is 0.0907. The Morgan fingerprint density at radius 3 is 2.89 bits per heavy atom. The molecule has 1 amide bonds. The molecule has 0 heterocycles. The number of nitrogens with two attached hydrogens (primary N) is 1. The average molecular weight is 250 g/mol. The van der Waals surface area contributed by atoms with Gasteiger partial charge in [0, 0.05) is 11.6 Å². The standard InChI is InChI=1S/C14H19FN2O/c15-12-6-3-5-10(8-12)14(18)17-13-7-2-1-4-11(13)9-16/h3,5-6,8,11,13H,1-2,4,7,9,16H2,(H,17,18). The first kappa shape index (κ1) is 13.0. The first-order valence-corrected chi connectivity index (χ1v) is 6.47. The summed E-state index contributed by atoms with van der Waals surface area (Å²) >= 11 is 0. The van der Waals surface area contributed by atoms with E-state index in [1.807, 2.05) is 0 Å². The molecule has 0 spiro atoms. The van der Waals surface area contributed by atoms with Crippen LogP contribution >= 0.6 is 0 Å². The van der Waals surface area contributed by atoms with Crippen molar-refractivity contribution in [3.8, 4) is 0 Å². The number of hydrogen-bond acceptors (Lipinski definition) is 2. The van der Waals surface area contributed by atoms with Crippen LogP contribution < -0.4 is 11.1 Å². The van der Waals surface area contributed by atoms with Gasteiger partial charge in [0.25, 0.3) is 5.91 Å². The quantitative estimate of drug-likeness (QED) is 0.863. The Morgan fingerprint density at radius 2 is 2.17 bits per heavy atom. The van der Waals surface area contributed by atoms with Gasteiger partial charge in [0.1, 0.15) is 5.82 Å². The van der Waals surface area contributed by atoms with Gasteiger partial charge in [0.15, 0.2) is 0 Å². The number of halogens is 1. The monoisotopic (exact) mass is 250 g/mol. The van der Waals surface area contributed by atoms with Gasteiger partial charge in [0.05, 0.1) is 0 Å². The Bertz CT molecular complexity index is 422. The van der Waals surface area contributed by atoms with Crippen LogP contribution in [0.25, 0.3) is 0 Å². The molecule has 2 rings (SSSR count). The summed E-state index contributed by atoms with van der Waals surface area (Å²) in [6.45, 7) is 0.591. The van der Waals surface area contributed by atoms with E-state index in [1.165, 1.54) is 18.6 Å². The third-order valence-corrected chi connectivity index (χ3v) is 3.62. The molecule has 1 aromatic rings. The van der Waals surface area contributed by atoms with E-state index in [0.29, 0.717) is 18.0 Å². The first-order valence-electron chi connectivity index (χ1n) is 6.47. The van der Waals surface area contributed by atoms with Crippen molar-refractivity contribution in [1.82, 2.24) is 5.32 Å². The fourth-order valence-corrected chi connectivity index (χ4v) is 2.56. The van der Waals surface area contributed by atoms with E-state index in [9.17, 15) is 9.18 Å². The third kappa shape index (κ3) is 3.07. The van der Waals surface area contributed by atoms with Crippen LogP contribution in [0.2, 0.25) is 0 Å². The van der Waals surface area contributed by atoms with E-state index >= 15 is 0 Å². The van der Waals surface area contributed by atoms with Gasteiger partial charge in [-0.1, -0.05) is 18.9 Å². The zero-order valence-corrected chi connectivity index (χ0v) is 10.4. The van der Waals surface area contributed by atoms with Crippen LogP contribution in [0.4, 0.5) is 4.39 Å². The van der Waals surface area contributed by atoms with Crippen molar-refractivity contribution in [3.05, 3.63) is 35.6 Å². The van der Waals surface area contributed by atoms with E-state index in [0.717, 1.165) is 19.3 Å². The minimum absolute atomic E-state index is 0.125. The third-order valence-electron chi connectivity index (χ3n) is 3.62. The molecule has 0 bridgehead atoms. The van der Waals surface area contributed by atoms with E-state index in [4.69, 9.17) is 5.73 Å². The molecule has 0 saturated heterocycles. The summed E-state index contributed by atoms with van der Waals surface area (Å²) < 4.78 is 13.0. The molecule has 2 atom stereocenters. The summed E-state index contributed by atoms with van der Waals surface area (Å²) in [5, 5.41) is 2.98. The van der Waals surface area contributed by atoms with Gasteiger partial charge < -0.3 is 11.1 Å². The Kier molecular flexibility index (Phi) is 4.31. The van der Waals surface area contributed by atoms with Gasteiger partial charge in [0.2, 0.25) is 0 Å². The maximum absolute atomic E-state index is 13.0. The zero-order chi connectivity index (χ0) is 13.0. The second-order valence-electron chi connectivity index (χ2n) is 4.87. The Labute approximate surface area is 107 Å². The van der Waals surface area contributed by atoms with Gasteiger partial charge >= 0.3 is 0 Å². The number of hydrogen-bond donors (Lipinski definition) is 2. The molecule has 1 aliphatic rings. The predicted molar refractivity (Wildman–Crippen MR) is 68.7 cm³/mol. The molecule has 1 saturated carbocycles. The Balaban J connectivity index is 2.02. The number of carbonyl (C=O) groups excluding carboxylic acids is 1. The van der Waals surface area contributed by atoms with Crippen molar-refractivity contribution in [2.45, 2.75) is 31.7 Å². The van der Waals surface area contributed by atoms with Crippen molar-refractivity contribution in [2.75, 3.05) is 6.54 Å². The van der Waals surface area contributed by atoms with E-state index < -0.39 is 0 Å². The Hall–Kier alpha value is -1.42. The predicted octanol–water partition coefficient (Wildman–Crippen LogP) is 2.07. The number of carbonyl (C=O) groups is 1. The number of amides is 1. The highest BCUT2D eigenvalue weighted by Crippen LogP contribution is 2.23. The summed E-state index contributed by atoms with van der Waals surface area (Å²) in [4.78, 5) is 12.0. The normalized spacial score (nSPS) is 23.7. The maximum Gasteiger partial charge on any atom is 0.251 e. The van der Waals surface area contributed by atoms with Crippen molar-refractivity contribution in [3.63, 3.8) is 0 Å². The smallest absolute Gasteiger partial charge is 0.251 e. The van der Waals surface area contributed by atoms with Crippen LogP contribution in [-0.4, -0.2) is 18.5 Å². The molecule has 18 heavy (non-hydrogen) atoms. The van der Waals surface area contributed by atoms with Crippen LogP contribution in [0.5, 0.6) is 0 Å². The maximum atomic E-state index is 13.0. The van der Waals surface area contributed by atoms with E-state index in [1.54, 1.807) is 12.1 Å². The largest absolute Gasteiger partial charge is 0.349 e. The minimum atomic E-state index is -0.387. The summed E-state index contributed by atoms with van der Waals surface area (Å²) in [7, 11) is 0. The molecule has 4 heteroatoms. The van der Waals surface area contributed by atoms with Crippen LogP contribution in [0.3, 0.4) is 0 Å². The number of nitrogens with one attached hydrogen (secondary N) is 1. The lowest BCUT2D eigenvalue weighted by atomic mass is 9.84. The second-order valence-corrected chi connectivity index (χ2v) is 4.87. The summed E-state index contributed by atoms with van der Waals surface area (Å²) in [6, 6.07) is 5.89. The van der Waals surface area contributed by atoms with Crippen LogP contribution in [0.1, 0.15) is 36.0 Å². The minimum Gasteiger partial charge on any atom is -0.349 e.